The monoisotopic (exact) mass is 387 g/mol. The van der Waals surface area contributed by atoms with E-state index in [1.807, 2.05) is 28.8 Å². The van der Waals surface area contributed by atoms with Crippen LogP contribution in [0, 0.1) is 5.82 Å². The van der Waals surface area contributed by atoms with Gasteiger partial charge in [-0.1, -0.05) is 0 Å². The largest absolute Gasteiger partial charge is 0.351 e. The summed E-state index contributed by atoms with van der Waals surface area (Å²) in [5, 5.41) is 3.53. The fraction of sp³-hybridized carbons (Fsp3) is 0.238. The molecule has 2 saturated heterocycles. The topological polar surface area (TPSA) is 71.8 Å². The SMILES string of the molecule is Fc1ccc(-c2nc3ccc(N4CC5CC4CN5)nc3n2-c2ccncc2)nc1. The molecule has 2 fully saturated rings. The Balaban J connectivity index is 1.55. The number of hydrogen-bond donors (Lipinski definition) is 1. The summed E-state index contributed by atoms with van der Waals surface area (Å²) in [5.74, 6) is 1.21. The molecule has 0 aliphatic carbocycles. The molecular formula is C21H18FN7. The smallest absolute Gasteiger partial charge is 0.167 e. The van der Waals surface area contributed by atoms with Crippen LogP contribution in [0.2, 0.25) is 0 Å². The fourth-order valence-electron chi connectivity index (χ4n) is 4.37. The van der Waals surface area contributed by atoms with Crippen LogP contribution in [0.1, 0.15) is 6.42 Å². The normalized spacial score (nSPS) is 20.7. The van der Waals surface area contributed by atoms with Gasteiger partial charge in [-0.15, -0.1) is 0 Å². The van der Waals surface area contributed by atoms with Crippen molar-refractivity contribution in [1.82, 2.24) is 29.8 Å². The van der Waals surface area contributed by atoms with Crippen LogP contribution in [0.4, 0.5) is 10.2 Å². The number of pyridine rings is 3. The maximum atomic E-state index is 13.4. The minimum Gasteiger partial charge on any atom is -0.351 e. The van der Waals surface area contributed by atoms with Crippen molar-refractivity contribution in [2.75, 3.05) is 18.0 Å². The molecule has 6 heterocycles. The molecule has 0 radical (unpaired) electrons. The molecule has 8 heteroatoms. The number of halogens is 1. The second kappa shape index (κ2) is 6.31. The number of imidazole rings is 1. The van der Waals surface area contributed by atoms with E-state index in [-0.39, 0.29) is 5.82 Å². The Labute approximate surface area is 166 Å². The van der Waals surface area contributed by atoms with Crippen molar-refractivity contribution in [2.24, 2.45) is 0 Å². The number of anilines is 1. The van der Waals surface area contributed by atoms with Crippen LogP contribution >= 0.6 is 0 Å². The van der Waals surface area contributed by atoms with Crippen LogP contribution < -0.4 is 10.2 Å². The Morgan fingerprint density at radius 3 is 2.66 bits per heavy atom. The molecule has 2 bridgehead atoms. The highest BCUT2D eigenvalue weighted by Crippen LogP contribution is 2.32. The molecule has 2 aliphatic rings. The minimum atomic E-state index is -0.376. The molecule has 0 spiro atoms. The summed E-state index contributed by atoms with van der Waals surface area (Å²) in [6.07, 6.45) is 5.84. The summed E-state index contributed by atoms with van der Waals surface area (Å²) in [5.41, 5.74) is 3.00. The van der Waals surface area contributed by atoms with Gasteiger partial charge in [0, 0.05) is 37.6 Å². The van der Waals surface area contributed by atoms with Crippen LogP contribution in [0.15, 0.2) is 55.0 Å². The summed E-state index contributed by atoms with van der Waals surface area (Å²) >= 11 is 0. The van der Waals surface area contributed by atoms with Crippen molar-refractivity contribution in [3.05, 3.63) is 60.8 Å². The van der Waals surface area contributed by atoms with E-state index in [9.17, 15) is 4.39 Å². The van der Waals surface area contributed by atoms with E-state index in [0.29, 0.717) is 23.6 Å². The summed E-state index contributed by atoms with van der Waals surface area (Å²) in [6.45, 7) is 1.97. The molecule has 1 N–H and O–H groups in total. The molecule has 29 heavy (non-hydrogen) atoms. The number of nitrogens with zero attached hydrogens (tertiary/aromatic N) is 6. The van der Waals surface area contributed by atoms with E-state index in [2.05, 4.69) is 20.2 Å². The molecule has 2 aliphatic heterocycles. The third-order valence-corrected chi connectivity index (χ3v) is 5.72. The number of nitrogens with one attached hydrogen (secondary N) is 1. The standard InChI is InChI=1S/C21H18FN7/c22-13-1-2-17(25-10-13)20-26-18-3-4-19(28-12-14-9-16(28)11-24-14)27-21(18)29(20)15-5-7-23-8-6-15/h1-8,10,14,16,24H,9,11-12H2. The van der Waals surface area contributed by atoms with Gasteiger partial charge in [0.25, 0.3) is 0 Å². The van der Waals surface area contributed by atoms with E-state index in [1.54, 1.807) is 18.5 Å². The first-order chi connectivity index (χ1) is 14.3. The first kappa shape index (κ1) is 16.6. The Morgan fingerprint density at radius 1 is 1.03 bits per heavy atom. The highest BCUT2D eigenvalue weighted by molar-refractivity contribution is 5.81. The average molecular weight is 387 g/mol. The van der Waals surface area contributed by atoms with Crippen LogP contribution in [0.3, 0.4) is 0 Å². The summed E-state index contributed by atoms with van der Waals surface area (Å²) in [4.78, 5) is 20.5. The predicted octanol–water partition coefficient (Wildman–Crippen LogP) is 2.57. The first-order valence-corrected chi connectivity index (χ1v) is 9.68. The summed E-state index contributed by atoms with van der Waals surface area (Å²) in [7, 11) is 0. The molecule has 6 rings (SSSR count). The quantitative estimate of drug-likeness (QED) is 0.583. The first-order valence-electron chi connectivity index (χ1n) is 9.68. The summed E-state index contributed by atoms with van der Waals surface area (Å²) < 4.78 is 15.4. The fourth-order valence-corrected chi connectivity index (χ4v) is 4.37. The predicted molar refractivity (Wildman–Crippen MR) is 107 cm³/mol. The highest BCUT2D eigenvalue weighted by atomic mass is 19.1. The third kappa shape index (κ3) is 2.67. The van der Waals surface area contributed by atoms with Crippen LogP contribution in [0.25, 0.3) is 28.4 Å². The molecule has 4 aromatic heterocycles. The molecule has 0 saturated carbocycles. The molecule has 0 aromatic carbocycles. The van der Waals surface area contributed by atoms with Gasteiger partial charge in [0.2, 0.25) is 0 Å². The average Bonchev–Trinajstić information content (AvgIpc) is 3.48. The Kier molecular flexibility index (Phi) is 3.60. The highest BCUT2D eigenvalue weighted by Gasteiger charge is 2.38. The van der Waals surface area contributed by atoms with E-state index >= 15 is 0 Å². The van der Waals surface area contributed by atoms with Gasteiger partial charge >= 0.3 is 0 Å². The van der Waals surface area contributed by atoms with E-state index in [1.165, 1.54) is 12.3 Å². The van der Waals surface area contributed by atoms with Crippen LogP contribution in [-0.2, 0) is 0 Å². The van der Waals surface area contributed by atoms with Gasteiger partial charge in [-0.25, -0.2) is 19.3 Å². The van der Waals surface area contributed by atoms with Gasteiger partial charge in [-0.3, -0.25) is 9.55 Å². The molecule has 2 unspecified atom stereocenters. The van der Waals surface area contributed by atoms with Crippen molar-refractivity contribution in [3.8, 4) is 17.2 Å². The number of rotatable bonds is 3. The lowest BCUT2D eigenvalue weighted by Gasteiger charge is -2.28. The van der Waals surface area contributed by atoms with Crippen molar-refractivity contribution < 1.29 is 4.39 Å². The zero-order valence-corrected chi connectivity index (χ0v) is 15.5. The molecule has 4 aromatic rings. The minimum absolute atomic E-state index is 0.376. The van der Waals surface area contributed by atoms with Crippen LogP contribution in [0.5, 0.6) is 0 Å². The van der Waals surface area contributed by atoms with E-state index < -0.39 is 0 Å². The second-order valence-electron chi connectivity index (χ2n) is 7.50. The van der Waals surface area contributed by atoms with Crippen molar-refractivity contribution >= 4 is 17.0 Å². The molecule has 0 amide bonds. The number of hydrogen-bond acceptors (Lipinski definition) is 6. The third-order valence-electron chi connectivity index (χ3n) is 5.72. The van der Waals surface area contributed by atoms with Gasteiger partial charge < -0.3 is 10.2 Å². The summed E-state index contributed by atoms with van der Waals surface area (Å²) in [6, 6.07) is 11.9. The molecule has 7 nitrogen and oxygen atoms in total. The molecule has 2 atom stereocenters. The zero-order valence-electron chi connectivity index (χ0n) is 15.5. The number of aromatic nitrogens is 5. The maximum absolute atomic E-state index is 13.4. The van der Waals surface area contributed by atoms with Crippen LogP contribution in [-0.4, -0.2) is 49.7 Å². The Morgan fingerprint density at radius 2 is 1.93 bits per heavy atom. The lowest BCUT2D eigenvalue weighted by Crippen LogP contribution is -2.44. The molecule has 144 valence electrons. The zero-order chi connectivity index (χ0) is 19.4. The van der Waals surface area contributed by atoms with Gasteiger partial charge in [-0.2, -0.15) is 0 Å². The van der Waals surface area contributed by atoms with Gasteiger partial charge in [0.05, 0.1) is 11.9 Å². The molecular weight excluding hydrogens is 369 g/mol. The maximum Gasteiger partial charge on any atom is 0.167 e. The van der Waals surface area contributed by atoms with Crippen molar-refractivity contribution in [2.45, 2.75) is 18.5 Å². The Bertz CT molecular complexity index is 1190. The van der Waals surface area contributed by atoms with Gasteiger partial charge in [-0.05, 0) is 42.8 Å². The van der Waals surface area contributed by atoms with E-state index in [0.717, 1.165) is 42.2 Å². The van der Waals surface area contributed by atoms with E-state index in [4.69, 9.17) is 9.97 Å². The Hall–Kier alpha value is -3.39. The van der Waals surface area contributed by atoms with Crippen molar-refractivity contribution in [3.63, 3.8) is 0 Å². The number of piperazine rings is 1. The second-order valence-corrected chi connectivity index (χ2v) is 7.50. The lowest BCUT2D eigenvalue weighted by atomic mass is 10.2. The van der Waals surface area contributed by atoms with Gasteiger partial charge in [0.15, 0.2) is 11.5 Å². The van der Waals surface area contributed by atoms with Gasteiger partial charge in [0.1, 0.15) is 22.8 Å². The lowest BCUT2D eigenvalue weighted by molar-refractivity contribution is 0.577. The van der Waals surface area contributed by atoms with Crippen molar-refractivity contribution in [1.29, 1.82) is 0 Å². The number of fused-ring (bicyclic) bond motifs is 3.